The summed E-state index contributed by atoms with van der Waals surface area (Å²) in [4.78, 5) is 17.5. The molecule has 2 aliphatic rings. The van der Waals surface area contributed by atoms with Crippen LogP contribution < -0.4 is 14.9 Å². The van der Waals surface area contributed by atoms with Crippen LogP contribution in [0.15, 0.2) is 64.0 Å². The number of ether oxygens (including phenoxy) is 1. The fourth-order valence-electron chi connectivity index (χ4n) is 3.89. The monoisotopic (exact) mass is 432 g/mol. The van der Waals surface area contributed by atoms with Gasteiger partial charge in [0.1, 0.15) is 5.75 Å². The van der Waals surface area contributed by atoms with Crippen molar-refractivity contribution in [1.29, 1.82) is 0 Å². The lowest BCUT2D eigenvalue weighted by Gasteiger charge is -2.18. The second kappa shape index (κ2) is 8.89. The summed E-state index contributed by atoms with van der Waals surface area (Å²) in [6.07, 6.45) is 5.37. The van der Waals surface area contributed by atoms with Crippen molar-refractivity contribution in [2.45, 2.75) is 32.1 Å². The Bertz CT molecular complexity index is 1190. The molecule has 2 heterocycles. The van der Waals surface area contributed by atoms with E-state index < -0.39 is 0 Å². The second-order valence-corrected chi connectivity index (χ2v) is 8.59. The minimum atomic E-state index is -0.134. The molecule has 0 bridgehead atoms. The Morgan fingerprint density at radius 2 is 1.94 bits per heavy atom. The fourth-order valence-corrected chi connectivity index (χ4v) is 4.75. The summed E-state index contributed by atoms with van der Waals surface area (Å²) in [7, 11) is 0. The maximum absolute atomic E-state index is 11.7. The van der Waals surface area contributed by atoms with Gasteiger partial charge in [0.05, 0.1) is 11.4 Å². The van der Waals surface area contributed by atoms with Crippen molar-refractivity contribution in [3.05, 3.63) is 64.3 Å². The summed E-state index contributed by atoms with van der Waals surface area (Å²) in [6, 6.07) is 16.3. The molecule has 0 unspecified atom stereocenters. The molecule has 1 fully saturated rings. The van der Waals surface area contributed by atoms with Crippen molar-refractivity contribution in [3.63, 3.8) is 0 Å². The topological polar surface area (TPSA) is 68.0 Å². The SMILES string of the molecule is O=C1COc2ccc(-c3csc(=NCCc4ccccc4)n3N=C3CCCC3)cc2N1. The van der Waals surface area contributed by atoms with Gasteiger partial charge in [-0.05, 0) is 55.9 Å². The zero-order valence-electron chi connectivity index (χ0n) is 17.2. The van der Waals surface area contributed by atoms with Crippen LogP contribution in [0.5, 0.6) is 5.75 Å². The third-order valence-corrected chi connectivity index (χ3v) is 6.36. The summed E-state index contributed by atoms with van der Waals surface area (Å²) >= 11 is 1.60. The zero-order valence-corrected chi connectivity index (χ0v) is 18.0. The van der Waals surface area contributed by atoms with Gasteiger partial charge in [-0.3, -0.25) is 9.79 Å². The number of hydrogen-bond acceptors (Lipinski definition) is 5. The predicted molar refractivity (Wildman–Crippen MR) is 124 cm³/mol. The highest BCUT2D eigenvalue weighted by Crippen LogP contribution is 2.33. The van der Waals surface area contributed by atoms with Gasteiger partial charge in [-0.15, -0.1) is 11.3 Å². The molecule has 0 radical (unpaired) electrons. The molecular weight excluding hydrogens is 408 g/mol. The van der Waals surface area contributed by atoms with Gasteiger partial charge in [0.25, 0.3) is 5.91 Å². The van der Waals surface area contributed by atoms with E-state index in [1.165, 1.54) is 24.1 Å². The van der Waals surface area contributed by atoms with Crippen LogP contribution in [0.4, 0.5) is 5.69 Å². The lowest BCUT2D eigenvalue weighted by atomic mass is 10.1. The molecule has 1 aliphatic heterocycles. The molecular formula is C24H24N4O2S. The number of amides is 1. The van der Waals surface area contributed by atoms with E-state index in [2.05, 4.69) is 35.0 Å². The molecule has 1 N–H and O–H groups in total. The largest absolute Gasteiger partial charge is 0.482 e. The van der Waals surface area contributed by atoms with E-state index in [1.54, 1.807) is 11.3 Å². The lowest BCUT2D eigenvalue weighted by molar-refractivity contribution is -0.118. The Hall–Kier alpha value is -3.19. The van der Waals surface area contributed by atoms with Gasteiger partial charge in [-0.2, -0.15) is 5.10 Å². The summed E-state index contributed by atoms with van der Waals surface area (Å²) in [5.74, 6) is 0.561. The molecule has 1 saturated carbocycles. The normalized spacial score (nSPS) is 16.1. The first kappa shape index (κ1) is 19.8. The molecule has 1 aliphatic carbocycles. The number of rotatable bonds is 5. The van der Waals surface area contributed by atoms with E-state index in [4.69, 9.17) is 14.8 Å². The van der Waals surface area contributed by atoms with Crippen molar-refractivity contribution in [2.75, 3.05) is 18.5 Å². The van der Waals surface area contributed by atoms with Crippen molar-refractivity contribution in [1.82, 2.24) is 4.68 Å². The van der Waals surface area contributed by atoms with Gasteiger partial charge in [-0.25, -0.2) is 4.68 Å². The van der Waals surface area contributed by atoms with Gasteiger partial charge < -0.3 is 10.1 Å². The average Bonchev–Trinajstić information content (AvgIpc) is 3.45. The summed E-state index contributed by atoms with van der Waals surface area (Å²) < 4.78 is 7.48. The lowest BCUT2D eigenvalue weighted by Crippen LogP contribution is -2.25. The molecule has 5 rings (SSSR count). The van der Waals surface area contributed by atoms with E-state index in [0.29, 0.717) is 18.0 Å². The van der Waals surface area contributed by atoms with Crippen molar-refractivity contribution >= 4 is 28.6 Å². The van der Waals surface area contributed by atoms with Crippen LogP contribution in [0.3, 0.4) is 0 Å². The number of carbonyl (C=O) groups excluding carboxylic acids is 1. The summed E-state index contributed by atoms with van der Waals surface area (Å²) in [5, 5.41) is 9.96. The van der Waals surface area contributed by atoms with E-state index >= 15 is 0 Å². The van der Waals surface area contributed by atoms with E-state index in [-0.39, 0.29) is 12.5 Å². The van der Waals surface area contributed by atoms with Crippen molar-refractivity contribution < 1.29 is 9.53 Å². The Labute approximate surface area is 184 Å². The number of thiazole rings is 1. The van der Waals surface area contributed by atoms with Gasteiger partial charge in [-0.1, -0.05) is 30.3 Å². The molecule has 3 aromatic rings. The maximum Gasteiger partial charge on any atom is 0.262 e. The van der Waals surface area contributed by atoms with Gasteiger partial charge in [0.15, 0.2) is 6.61 Å². The van der Waals surface area contributed by atoms with Crippen LogP contribution in [0.25, 0.3) is 11.3 Å². The quantitative estimate of drug-likeness (QED) is 0.646. The maximum atomic E-state index is 11.7. The number of benzene rings is 2. The minimum Gasteiger partial charge on any atom is -0.482 e. The average molecular weight is 433 g/mol. The van der Waals surface area contributed by atoms with Gasteiger partial charge in [0, 0.05) is 23.2 Å². The molecule has 6 nitrogen and oxygen atoms in total. The zero-order chi connectivity index (χ0) is 21.0. The number of aromatic nitrogens is 1. The fraction of sp³-hybridized carbons (Fsp3) is 0.292. The van der Waals surface area contributed by atoms with E-state index in [1.807, 2.05) is 28.9 Å². The Morgan fingerprint density at radius 1 is 1.10 bits per heavy atom. The van der Waals surface area contributed by atoms with Crippen LogP contribution in [-0.4, -0.2) is 29.4 Å². The Balaban J connectivity index is 1.50. The number of fused-ring (bicyclic) bond motifs is 1. The molecule has 1 amide bonds. The van der Waals surface area contributed by atoms with Crippen molar-refractivity contribution in [2.24, 2.45) is 10.1 Å². The molecule has 2 aromatic carbocycles. The minimum absolute atomic E-state index is 0.0584. The van der Waals surface area contributed by atoms with Gasteiger partial charge >= 0.3 is 0 Å². The molecule has 0 saturated heterocycles. The number of anilines is 1. The molecule has 0 spiro atoms. The number of nitrogens with zero attached hydrogens (tertiary/aromatic N) is 3. The van der Waals surface area contributed by atoms with Crippen LogP contribution >= 0.6 is 11.3 Å². The number of carbonyl (C=O) groups is 1. The highest BCUT2D eigenvalue weighted by atomic mass is 32.1. The van der Waals surface area contributed by atoms with E-state index in [0.717, 1.165) is 35.3 Å². The predicted octanol–water partition coefficient (Wildman–Crippen LogP) is 4.47. The number of hydrogen-bond donors (Lipinski definition) is 1. The summed E-state index contributed by atoms with van der Waals surface area (Å²) in [5.41, 5.74) is 5.15. The smallest absolute Gasteiger partial charge is 0.262 e. The Kier molecular flexibility index (Phi) is 5.67. The number of nitrogens with one attached hydrogen (secondary N) is 1. The second-order valence-electron chi connectivity index (χ2n) is 7.75. The molecule has 31 heavy (non-hydrogen) atoms. The molecule has 0 atom stereocenters. The molecule has 1 aromatic heterocycles. The molecule has 7 heteroatoms. The Morgan fingerprint density at radius 3 is 2.77 bits per heavy atom. The van der Waals surface area contributed by atoms with Crippen LogP contribution in [0.2, 0.25) is 0 Å². The first-order valence-electron chi connectivity index (χ1n) is 10.6. The van der Waals surface area contributed by atoms with E-state index in [9.17, 15) is 4.79 Å². The van der Waals surface area contributed by atoms with Gasteiger partial charge in [0.2, 0.25) is 4.80 Å². The molecule has 158 valence electrons. The van der Waals surface area contributed by atoms with Crippen LogP contribution in [0, 0.1) is 0 Å². The highest BCUT2D eigenvalue weighted by Gasteiger charge is 2.18. The van der Waals surface area contributed by atoms with Crippen LogP contribution in [0.1, 0.15) is 31.2 Å². The first-order valence-corrected chi connectivity index (χ1v) is 11.5. The standard InChI is InChI=1S/C24H24N4O2S/c29-23-15-30-22-11-10-18(14-20(22)26-23)21-16-31-24(28(21)27-19-8-4-5-9-19)25-13-12-17-6-2-1-3-7-17/h1-3,6-7,10-11,14,16H,4-5,8-9,12-13,15H2,(H,26,29). The third kappa shape index (κ3) is 4.46. The summed E-state index contributed by atoms with van der Waals surface area (Å²) in [6.45, 7) is 0.770. The highest BCUT2D eigenvalue weighted by molar-refractivity contribution is 7.07. The van der Waals surface area contributed by atoms with Crippen molar-refractivity contribution in [3.8, 4) is 17.0 Å². The van der Waals surface area contributed by atoms with Crippen LogP contribution in [-0.2, 0) is 11.2 Å². The third-order valence-electron chi connectivity index (χ3n) is 5.51. The first-order chi connectivity index (χ1) is 15.3.